The average molecular weight is 396 g/mol. The Labute approximate surface area is 133 Å². The standard InChI is InChI=1S/C18H22Se2/c1-17(2,3)12-9-7-11-8-10-13(18(4,5)6)16-14(11)15(12)19-20-16/h7-10H,1-6H3. The van der Waals surface area contributed by atoms with Crippen molar-refractivity contribution < 1.29 is 0 Å². The Bertz CT molecular complexity index is 628. The Kier molecular flexibility index (Phi) is 3.39. The minimum atomic E-state index is 0.265. The summed E-state index contributed by atoms with van der Waals surface area (Å²) in [4.78, 5) is 0. The third-order valence-corrected chi connectivity index (χ3v) is 11.1. The van der Waals surface area contributed by atoms with Gasteiger partial charge in [0.1, 0.15) is 0 Å². The third kappa shape index (κ3) is 2.28. The van der Waals surface area contributed by atoms with Gasteiger partial charge in [-0.15, -0.1) is 0 Å². The minimum absolute atomic E-state index is 0.265. The molecule has 1 heterocycles. The molecule has 1 aliphatic rings. The van der Waals surface area contributed by atoms with E-state index < -0.39 is 0 Å². The van der Waals surface area contributed by atoms with Crippen LogP contribution in [0.5, 0.6) is 0 Å². The molecule has 2 heteroatoms. The molecule has 0 atom stereocenters. The van der Waals surface area contributed by atoms with Crippen molar-refractivity contribution in [1.29, 1.82) is 0 Å². The maximum absolute atomic E-state index is 2.38. The molecule has 3 rings (SSSR count). The fourth-order valence-corrected chi connectivity index (χ4v) is 12.3. The summed E-state index contributed by atoms with van der Waals surface area (Å²) in [7, 11) is 0. The average Bonchev–Trinajstić information content (AvgIpc) is 2.73. The molecule has 0 amide bonds. The van der Waals surface area contributed by atoms with Crippen LogP contribution in [0.4, 0.5) is 0 Å². The number of hydrogen-bond acceptors (Lipinski definition) is 0. The third-order valence-electron chi connectivity index (χ3n) is 3.92. The van der Waals surface area contributed by atoms with Gasteiger partial charge in [0.25, 0.3) is 0 Å². The molecule has 0 nitrogen and oxygen atoms in total. The summed E-state index contributed by atoms with van der Waals surface area (Å²) >= 11 is 1.33. The van der Waals surface area contributed by atoms with Gasteiger partial charge in [-0.05, 0) is 0 Å². The predicted octanol–water partition coefficient (Wildman–Crippen LogP) is 3.02. The van der Waals surface area contributed by atoms with Crippen LogP contribution < -0.4 is 8.92 Å². The molecule has 0 fully saturated rings. The van der Waals surface area contributed by atoms with Gasteiger partial charge >= 0.3 is 134 Å². The first-order valence-electron chi connectivity index (χ1n) is 7.15. The summed E-state index contributed by atoms with van der Waals surface area (Å²) in [5.74, 6) is 0. The summed E-state index contributed by atoms with van der Waals surface area (Å²) in [6, 6.07) is 9.43. The van der Waals surface area contributed by atoms with E-state index in [1.54, 1.807) is 25.4 Å². The van der Waals surface area contributed by atoms with Crippen LogP contribution in [0, 0.1) is 0 Å². The van der Waals surface area contributed by atoms with Gasteiger partial charge in [-0.1, -0.05) is 0 Å². The summed E-state index contributed by atoms with van der Waals surface area (Å²) in [5.41, 5.74) is 3.69. The van der Waals surface area contributed by atoms with Crippen LogP contribution in [0.25, 0.3) is 10.8 Å². The number of hydrogen-bond donors (Lipinski definition) is 0. The van der Waals surface area contributed by atoms with E-state index in [0.29, 0.717) is 26.3 Å². The zero-order chi connectivity index (χ0) is 14.7. The van der Waals surface area contributed by atoms with E-state index in [-0.39, 0.29) is 10.8 Å². The maximum atomic E-state index is 2.38. The van der Waals surface area contributed by atoms with Gasteiger partial charge in [0, 0.05) is 0 Å². The van der Waals surface area contributed by atoms with E-state index in [1.807, 2.05) is 0 Å². The first kappa shape index (κ1) is 14.7. The van der Waals surface area contributed by atoms with E-state index in [2.05, 4.69) is 65.8 Å². The van der Waals surface area contributed by atoms with Gasteiger partial charge in [-0.25, -0.2) is 0 Å². The summed E-state index contributed by atoms with van der Waals surface area (Å²) in [6.07, 6.45) is 0. The van der Waals surface area contributed by atoms with Crippen molar-refractivity contribution in [2.75, 3.05) is 0 Å². The van der Waals surface area contributed by atoms with Gasteiger partial charge in [0.05, 0.1) is 0 Å². The van der Waals surface area contributed by atoms with Crippen molar-refractivity contribution >= 4 is 46.0 Å². The second kappa shape index (κ2) is 4.62. The van der Waals surface area contributed by atoms with Crippen molar-refractivity contribution in [3.63, 3.8) is 0 Å². The fraction of sp³-hybridized carbons (Fsp3) is 0.444. The molecule has 106 valence electrons. The van der Waals surface area contributed by atoms with Crippen LogP contribution in [0.2, 0.25) is 0 Å². The predicted molar refractivity (Wildman–Crippen MR) is 92.1 cm³/mol. The molecule has 20 heavy (non-hydrogen) atoms. The molecule has 0 aromatic heterocycles. The molecule has 0 saturated heterocycles. The molecule has 0 radical (unpaired) electrons. The quantitative estimate of drug-likeness (QED) is 0.601. The topological polar surface area (TPSA) is 0 Å². The fourth-order valence-electron chi connectivity index (χ4n) is 2.79. The Balaban J connectivity index is 2.37. The molecule has 0 N–H and O–H groups in total. The van der Waals surface area contributed by atoms with Crippen molar-refractivity contribution in [2.45, 2.75) is 52.4 Å². The van der Waals surface area contributed by atoms with E-state index >= 15 is 0 Å². The Hall–Kier alpha value is -0.261. The van der Waals surface area contributed by atoms with Crippen molar-refractivity contribution in [3.8, 4) is 0 Å². The van der Waals surface area contributed by atoms with Crippen LogP contribution in [0.15, 0.2) is 24.3 Å². The number of benzene rings is 2. The van der Waals surface area contributed by atoms with Crippen LogP contribution in [0.1, 0.15) is 52.7 Å². The first-order chi connectivity index (χ1) is 9.19. The van der Waals surface area contributed by atoms with Gasteiger partial charge < -0.3 is 0 Å². The van der Waals surface area contributed by atoms with E-state index in [1.165, 1.54) is 5.39 Å². The van der Waals surface area contributed by atoms with E-state index in [9.17, 15) is 0 Å². The van der Waals surface area contributed by atoms with E-state index in [4.69, 9.17) is 0 Å². The van der Waals surface area contributed by atoms with Gasteiger partial charge in [-0.3, -0.25) is 0 Å². The van der Waals surface area contributed by atoms with Gasteiger partial charge in [0.2, 0.25) is 0 Å². The molecule has 0 unspecified atom stereocenters. The van der Waals surface area contributed by atoms with E-state index in [0.717, 1.165) is 0 Å². The zero-order valence-corrected chi connectivity index (χ0v) is 16.6. The van der Waals surface area contributed by atoms with Gasteiger partial charge in [-0.2, -0.15) is 0 Å². The summed E-state index contributed by atoms with van der Waals surface area (Å²) in [5, 5.41) is 3.07. The van der Waals surface area contributed by atoms with Crippen molar-refractivity contribution in [1.82, 2.24) is 0 Å². The molecule has 2 aromatic rings. The van der Waals surface area contributed by atoms with Crippen LogP contribution in [-0.4, -0.2) is 26.3 Å². The Morgan fingerprint density at radius 3 is 1.40 bits per heavy atom. The van der Waals surface area contributed by atoms with Crippen molar-refractivity contribution in [2.24, 2.45) is 0 Å². The SMILES string of the molecule is CC(C)(C)c1ccc2ccc(C(C)(C)C)c3c2c1[Se][Se]3. The molecule has 0 aliphatic carbocycles. The van der Waals surface area contributed by atoms with Crippen LogP contribution >= 0.6 is 0 Å². The Morgan fingerprint density at radius 1 is 0.650 bits per heavy atom. The second-order valence-corrected chi connectivity index (χ2v) is 13.7. The second-order valence-electron chi connectivity index (χ2n) is 7.65. The zero-order valence-electron chi connectivity index (χ0n) is 13.1. The number of rotatable bonds is 0. The van der Waals surface area contributed by atoms with Gasteiger partial charge in [0.15, 0.2) is 0 Å². The summed E-state index contributed by atoms with van der Waals surface area (Å²) < 4.78 is 3.40. The molecule has 0 saturated carbocycles. The molecular weight excluding hydrogens is 374 g/mol. The molecule has 0 spiro atoms. The van der Waals surface area contributed by atoms with Crippen molar-refractivity contribution in [3.05, 3.63) is 35.4 Å². The summed E-state index contributed by atoms with van der Waals surface area (Å²) in [6.45, 7) is 14.1. The first-order valence-corrected chi connectivity index (χ1v) is 13.2. The monoisotopic (exact) mass is 398 g/mol. The molecule has 1 aliphatic heterocycles. The van der Waals surface area contributed by atoms with Crippen LogP contribution in [-0.2, 0) is 10.8 Å². The molecule has 2 aromatic carbocycles. The molecule has 0 bridgehead atoms. The Morgan fingerprint density at radius 2 is 1.05 bits per heavy atom. The van der Waals surface area contributed by atoms with Crippen LogP contribution in [0.3, 0.4) is 0 Å². The normalized spacial score (nSPS) is 15.1. The molecular formula is C18H22Se2.